The Balaban J connectivity index is 1.36. The van der Waals surface area contributed by atoms with Gasteiger partial charge in [0.05, 0.1) is 19.6 Å². The fraction of sp³-hybridized carbons (Fsp3) is 0.357. The normalized spacial score (nSPS) is 17.2. The van der Waals surface area contributed by atoms with Crippen LogP contribution in [-0.2, 0) is 22.4 Å². The second-order valence-corrected chi connectivity index (χ2v) is 10.2. The predicted octanol–water partition coefficient (Wildman–Crippen LogP) is 4.77. The van der Waals surface area contributed by atoms with Gasteiger partial charge in [0.1, 0.15) is 12.3 Å². The lowest BCUT2D eigenvalue weighted by Crippen LogP contribution is -2.47. The molecule has 2 heterocycles. The van der Waals surface area contributed by atoms with E-state index in [1.807, 2.05) is 46.2 Å². The maximum absolute atomic E-state index is 13.7. The zero-order valence-electron chi connectivity index (χ0n) is 19.7. The Kier molecular flexibility index (Phi) is 6.42. The number of ether oxygens (including phenoxy) is 1. The second kappa shape index (κ2) is 9.63. The molecule has 2 amide bonds. The molecule has 1 fully saturated rings. The van der Waals surface area contributed by atoms with Gasteiger partial charge >= 0.3 is 0 Å². The van der Waals surface area contributed by atoms with Crippen molar-refractivity contribution < 1.29 is 14.3 Å². The van der Waals surface area contributed by atoms with E-state index in [1.165, 1.54) is 16.0 Å². The number of carbonyl (C=O) groups is 2. The van der Waals surface area contributed by atoms with Crippen LogP contribution in [0.2, 0.25) is 0 Å². The highest BCUT2D eigenvalue weighted by Crippen LogP contribution is 2.39. The first kappa shape index (κ1) is 22.7. The van der Waals surface area contributed by atoms with E-state index in [0.717, 1.165) is 36.1 Å². The third-order valence-electron chi connectivity index (χ3n) is 6.90. The molecule has 6 heteroatoms. The number of thiophene rings is 1. The highest BCUT2D eigenvalue weighted by atomic mass is 32.1. The quantitative estimate of drug-likeness (QED) is 0.496. The molecule has 0 N–H and O–H groups in total. The van der Waals surface area contributed by atoms with Crippen LogP contribution in [0.15, 0.2) is 60.0 Å². The molecule has 1 aliphatic carbocycles. The summed E-state index contributed by atoms with van der Waals surface area (Å²) in [5, 5.41) is 2.12. The van der Waals surface area contributed by atoms with Crippen molar-refractivity contribution in [3.05, 3.63) is 87.1 Å². The summed E-state index contributed by atoms with van der Waals surface area (Å²) >= 11 is 1.77. The second-order valence-electron chi connectivity index (χ2n) is 9.17. The summed E-state index contributed by atoms with van der Waals surface area (Å²) in [5.74, 6) is 0.812. The van der Waals surface area contributed by atoms with Gasteiger partial charge in [-0.2, -0.15) is 0 Å². The fourth-order valence-corrected chi connectivity index (χ4v) is 5.78. The molecule has 0 spiro atoms. The monoisotopic (exact) mass is 474 g/mol. The van der Waals surface area contributed by atoms with Crippen LogP contribution >= 0.6 is 11.3 Å². The van der Waals surface area contributed by atoms with E-state index >= 15 is 0 Å². The van der Waals surface area contributed by atoms with Crippen molar-refractivity contribution >= 4 is 23.2 Å². The molecule has 1 atom stereocenters. The molecule has 5 nitrogen and oxygen atoms in total. The highest BCUT2D eigenvalue weighted by molar-refractivity contribution is 7.10. The van der Waals surface area contributed by atoms with Crippen LogP contribution in [0, 0.1) is 6.92 Å². The third kappa shape index (κ3) is 4.60. The van der Waals surface area contributed by atoms with Gasteiger partial charge in [-0.25, -0.2) is 0 Å². The standard InChI is InChI=1S/C28H30N2O3S/c1-19-5-3-4-6-23(19)28-24-14-16-34-25(24)13-15-29(28)27(32)18-30(21-9-10-21)26(31)17-20-7-11-22(33-2)12-8-20/h3-8,11-12,14,16,21,28H,9-10,13,15,17-18H2,1-2H3. The minimum atomic E-state index is -0.0959. The Morgan fingerprint density at radius 1 is 1.06 bits per heavy atom. The number of aryl methyl sites for hydroxylation is 1. The van der Waals surface area contributed by atoms with Crippen LogP contribution in [-0.4, -0.2) is 47.9 Å². The molecule has 176 valence electrons. The minimum Gasteiger partial charge on any atom is -0.497 e. The van der Waals surface area contributed by atoms with E-state index in [1.54, 1.807) is 18.4 Å². The number of methoxy groups -OCH3 is 1. The fourth-order valence-electron chi connectivity index (χ4n) is 4.88. The lowest BCUT2D eigenvalue weighted by Gasteiger charge is -2.38. The lowest BCUT2D eigenvalue weighted by molar-refractivity contribution is -0.142. The van der Waals surface area contributed by atoms with Gasteiger partial charge in [0, 0.05) is 17.5 Å². The van der Waals surface area contributed by atoms with E-state index in [2.05, 4.69) is 30.5 Å². The van der Waals surface area contributed by atoms with Gasteiger partial charge in [-0.05, 0) is 72.0 Å². The highest BCUT2D eigenvalue weighted by Gasteiger charge is 2.38. The topological polar surface area (TPSA) is 49.9 Å². The van der Waals surface area contributed by atoms with Gasteiger partial charge in [-0.15, -0.1) is 11.3 Å². The number of nitrogens with zero attached hydrogens (tertiary/aromatic N) is 2. The molecule has 1 aromatic heterocycles. The van der Waals surface area contributed by atoms with Crippen LogP contribution < -0.4 is 4.74 Å². The summed E-state index contributed by atoms with van der Waals surface area (Å²) in [6, 6.07) is 18.1. The SMILES string of the molecule is COc1ccc(CC(=O)N(CC(=O)N2CCc3sccc3C2c2ccccc2C)C2CC2)cc1. The Morgan fingerprint density at radius 3 is 2.53 bits per heavy atom. The number of rotatable bonds is 7. The molecule has 2 aliphatic rings. The van der Waals surface area contributed by atoms with E-state index in [0.29, 0.717) is 13.0 Å². The zero-order chi connectivity index (χ0) is 23.7. The first-order chi connectivity index (χ1) is 16.5. The Labute approximate surface area is 205 Å². The van der Waals surface area contributed by atoms with E-state index in [9.17, 15) is 9.59 Å². The van der Waals surface area contributed by atoms with Gasteiger partial charge in [-0.1, -0.05) is 36.4 Å². The Hall–Kier alpha value is -3.12. The molecule has 0 bridgehead atoms. The summed E-state index contributed by atoms with van der Waals surface area (Å²) in [5.41, 5.74) is 4.50. The largest absolute Gasteiger partial charge is 0.497 e. The molecule has 2 aromatic carbocycles. The summed E-state index contributed by atoms with van der Waals surface area (Å²) in [6.45, 7) is 2.92. The molecule has 0 saturated heterocycles. The van der Waals surface area contributed by atoms with Gasteiger partial charge in [0.25, 0.3) is 0 Å². The third-order valence-corrected chi connectivity index (χ3v) is 7.89. The van der Waals surface area contributed by atoms with Crippen molar-refractivity contribution in [3.8, 4) is 5.75 Å². The van der Waals surface area contributed by atoms with Gasteiger partial charge < -0.3 is 14.5 Å². The Morgan fingerprint density at radius 2 is 1.82 bits per heavy atom. The molecule has 3 aromatic rings. The summed E-state index contributed by atoms with van der Waals surface area (Å²) in [6.07, 6.45) is 3.10. The number of hydrogen-bond acceptors (Lipinski definition) is 4. The molecule has 1 unspecified atom stereocenters. The van der Waals surface area contributed by atoms with Crippen molar-refractivity contribution in [2.45, 2.75) is 44.7 Å². The van der Waals surface area contributed by atoms with Gasteiger partial charge in [0.2, 0.25) is 11.8 Å². The number of benzene rings is 2. The molecule has 0 radical (unpaired) electrons. The van der Waals surface area contributed by atoms with Crippen molar-refractivity contribution in [3.63, 3.8) is 0 Å². The first-order valence-electron chi connectivity index (χ1n) is 11.9. The van der Waals surface area contributed by atoms with Crippen LogP contribution in [0.3, 0.4) is 0 Å². The van der Waals surface area contributed by atoms with Gasteiger partial charge in [0.15, 0.2) is 0 Å². The number of carbonyl (C=O) groups excluding carboxylic acids is 2. The molecule has 34 heavy (non-hydrogen) atoms. The smallest absolute Gasteiger partial charge is 0.243 e. The van der Waals surface area contributed by atoms with Crippen LogP contribution in [0.5, 0.6) is 5.75 Å². The summed E-state index contributed by atoms with van der Waals surface area (Å²) in [4.78, 5) is 32.1. The Bertz CT molecular complexity index is 1180. The summed E-state index contributed by atoms with van der Waals surface area (Å²) in [7, 11) is 1.63. The number of hydrogen-bond donors (Lipinski definition) is 0. The van der Waals surface area contributed by atoms with Gasteiger partial charge in [-0.3, -0.25) is 9.59 Å². The van der Waals surface area contributed by atoms with E-state index < -0.39 is 0 Å². The lowest BCUT2D eigenvalue weighted by atomic mass is 9.90. The minimum absolute atomic E-state index is 0.0155. The molecule has 1 aliphatic heterocycles. The number of amides is 2. The van der Waals surface area contributed by atoms with Crippen LogP contribution in [0.4, 0.5) is 0 Å². The maximum atomic E-state index is 13.7. The van der Waals surface area contributed by atoms with Crippen LogP contribution in [0.25, 0.3) is 0 Å². The molecule has 1 saturated carbocycles. The van der Waals surface area contributed by atoms with E-state index in [4.69, 9.17) is 4.74 Å². The van der Waals surface area contributed by atoms with Crippen molar-refractivity contribution in [2.24, 2.45) is 0 Å². The van der Waals surface area contributed by atoms with Crippen LogP contribution in [0.1, 0.15) is 46.0 Å². The number of fused-ring (bicyclic) bond motifs is 1. The average molecular weight is 475 g/mol. The van der Waals surface area contributed by atoms with E-state index in [-0.39, 0.29) is 30.4 Å². The van der Waals surface area contributed by atoms with Crippen molar-refractivity contribution in [2.75, 3.05) is 20.2 Å². The molecular formula is C28H30N2O3S. The maximum Gasteiger partial charge on any atom is 0.243 e. The summed E-state index contributed by atoms with van der Waals surface area (Å²) < 4.78 is 5.22. The average Bonchev–Trinajstić information content (AvgIpc) is 3.58. The van der Waals surface area contributed by atoms with Crippen molar-refractivity contribution in [1.29, 1.82) is 0 Å². The molecular weight excluding hydrogens is 444 g/mol. The predicted molar refractivity (Wildman–Crippen MR) is 134 cm³/mol. The molecule has 5 rings (SSSR count). The zero-order valence-corrected chi connectivity index (χ0v) is 20.5. The first-order valence-corrected chi connectivity index (χ1v) is 12.8. The van der Waals surface area contributed by atoms with Crippen molar-refractivity contribution in [1.82, 2.24) is 9.80 Å².